The van der Waals surface area contributed by atoms with Crippen LogP contribution >= 0.6 is 21.9 Å². The first-order chi connectivity index (χ1) is 13.6. The first-order valence-corrected chi connectivity index (χ1v) is 16.2. The predicted octanol–water partition coefficient (Wildman–Crippen LogP) is 7.19. The van der Waals surface area contributed by atoms with Crippen LogP contribution in [0.4, 0.5) is 0 Å². The van der Waals surface area contributed by atoms with Crippen LogP contribution in [0.2, 0.25) is 0 Å². The summed E-state index contributed by atoms with van der Waals surface area (Å²) in [6.45, 7) is 23.5. The fourth-order valence-corrected chi connectivity index (χ4v) is 16.0. The normalized spacial score (nSPS) is 21.0. The summed E-state index contributed by atoms with van der Waals surface area (Å²) in [5, 5.41) is 2.71. The maximum atomic E-state index is 6.42. The second kappa shape index (κ2) is 11.7. The second-order valence-corrected chi connectivity index (χ2v) is 17.4. The molecule has 1 aliphatic heterocycles. The summed E-state index contributed by atoms with van der Waals surface area (Å²) in [6.07, 6.45) is -0.840. The molecule has 0 aromatic rings. The van der Waals surface area contributed by atoms with Gasteiger partial charge in [0, 0.05) is 5.20 Å². The molecule has 0 atom stereocenters. The molecule has 0 aromatic carbocycles. The zero-order chi connectivity index (χ0) is 23.3. The Morgan fingerprint density at radius 2 is 0.967 bits per heavy atom. The first-order valence-electron chi connectivity index (χ1n) is 10.7. The van der Waals surface area contributed by atoms with Crippen molar-refractivity contribution in [3.8, 4) is 0 Å². The minimum atomic E-state index is -2.91. The van der Waals surface area contributed by atoms with E-state index in [2.05, 4.69) is 5.20 Å². The molecule has 0 unspecified atom stereocenters. The van der Waals surface area contributed by atoms with Gasteiger partial charge in [-0.1, -0.05) is 0 Å². The first kappa shape index (κ1) is 28.7. The van der Waals surface area contributed by atoms with Crippen molar-refractivity contribution in [3.63, 3.8) is 0 Å². The number of nitrogens with one attached hydrogen (secondary N) is 1. The molecule has 1 rings (SSSR count). The fraction of sp³-hybridized carbons (Fsp3) is 1.00. The van der Waals surface area contributed by atoms with Crippen LogP contribution in [0.3, 0.4) is 0 Å². The molecule has 0 spiro atoms. The summed E-state index contributed by atoms with van der Waals surface area (Å²) in [4.78, 5) is 17.3. The largest absolute Gasteiger partial charge is 0.335 e. The Hall–Kier alpha value is 0.640. The van der Waals surface area contributed by atoms with Crippen molar-refractivity contribution in [1.29, 1.82) is 0 Å². The van der Waals surface area contributed by atoms with E-state index in [0.717, 1.165) is 0 Å². The van der Waals surface area contributed by atoms with Gasteiger partial charge in [-0.05, 0) is 83.1 Å². The number of nitrogens with zero attached hydrogens (tertiary/aromatic N) is 2. The van der Waals surface area contributed by atoms with E-state index in [-0.39, 0.29) is 36.6 Å². The van der Waals surface area contributed by atoms with Crippen molar-refractivity contribution in [2.24, 2.45) is 4.85 Å². The van der Waals surface area contributed by atoms with Crippen LogP contribution in [0.1, 0.15) is 83.1 Å². The standard InChI is InChI=1S/C18H43N3O6P3/c1-13(2)22-21(23-14(3)4)19-29(24-15(5)6,25-16(7)8)28-30(20-21,26-17(9)10)27-18(11)12/h13-19H,1-12H3/q+1. The number of hydrogen-bond donors (Lipinski definition) is 1. The molecule has 0 aliphatic carbocycles. The molecule has 0 bridgehead atoms. The minimum Gasteiger partial charge on any atom is -0.317 e. The van der Waals surface area contributed by atoms with Gasteiger partial charge in [0.1, 0.15) is 12.2 Å². The van der Waals surface area contributed by atoms with Gasteiger partial charge in [0.2, 0.25) is 0 Å². The van der Waals surface area contributed by atoms with Crippen LogP contribution in [-0.2, 0) is 27.8 Å². The van der Waals surface area contributed by atoms with E-state index in [0.29, 0.717) is 7.56 Å². The zero-order valence-corrected chi connectivity index (χ0v) is 23.3. The van der Waals surface area contributed by atoms with Crippen LogP contribution in [0.5, 0.6) is 0 Å². The van der Waals surface area contributed by atoms with Crippen LogP contribution in [-0.4, -0.2) is 41.7 Å². The molecule has 180 valence electrons. The van der Waals surface area contributed by atoms with Crippen molar-refractivity contribution >= 4 is 21.9 Å². The van der Waals surface area contributed by atoms with Gasteiger partial charge in [-0.2, -0.15) is 0 Å². The van der Waals surface area contributed by atoms with Gasteiger partial charge in [-0.25, -0.2) is 0 Å². The highest BCUT2D eigenvalue weighted by molar-refractivity contribution is 8.36. The Morgan fingerprint density at radius 3 is 1.27 bits per heavy atom. The van der Waals surface area contributed by atoms with Gasteiger partial charge < -0.3 is 18.1 Å². The predicted molar refractivity (Wildman–Crippen MR) is 124 cm³/mol. The Balaban J connectivity index is 3.87. The topological polar surface area (TPSA) is 79.8 Å². The molecule has 1 heterocycles. The zero-order valence-electron chi connectivity index (χ0n) is 20.6. The molecule has 1 N–H and O–H groups in total. The van der Waals surface area contributed by atoms with Gasteiger partial charge in [0.25, 0.3) is 7.15 Å². The Kier molecular flexibility index (Phi) is 11.2. The summed E-state index contributed by atoms with van der Waals surface area (Å²) in [5.74, 6) is 0. The summed E-state index contributed by atoms with van der Waals surface area (Å²) in [6, 6.07) is 0. The Bertz CT molecular complexity index is 615. The summed E-state index contributed by atoms with van der Waals surface area (Å²) in [5.41, 5.74) is 0. The van der Waals surface area contributed by atoms with Crippen molar-refractivity contribution in [3.05, 3.63) is 0 Å². The quantitative estimate of drug-likeness (QED) is 0.229. The molecular weight excluding hydrogens is 447 g/mol. The average Bonchev–Trinajstić information content (AvgIpc) is 2.39. The van der Waals surface area contributed by atoms with Gasteiger partial charge in [0.15, 0.2) is 5.03 Å². The van der Waals surface area contributed by atoms with E-state index < -0.39 is 19.4 Å². The van der Waals surface area contributed by atoms with E-state index >= 15 is 0 Å². The number of hydrogen-bond acceptors (Lipinski definition) is 8. The van der Waals surface area contributed by atoms with Crippen molar-refractivity contribution in [2.75, 3.05) is 0 Å². The van der Waals surface area contributed by atoms with Crippen LogP contribution in [0, 0.1) is 0 Å². The molecule has 12 heteroatoms. The third-order valence-electron chi connectivity index (χ3n) is 2.83. The van der Waals surface area contributed by atoms with Gasteiger partial charge in [-0.15, -0.1) is 9.68 Å². The maximum absolute atomic E-state index is 6.42. The van der Waals surface area contributed by atoms with E-state index in [9.17, 15) is 0 Å². The number of quaternary nitrogens is 1. The lowest BCUT2D eigenvalue weighted by atomic mass is 10.5. The van der Waals surface area contributed by atoms with Crippen LogP contribution < -0.4 is 5.20 Å². The minimum absolute atomic E-state index is 0.102. The van der Waals surface area contributed by atoms with E-state index in [1.54, 1.807) is 0 Å². The van der Waals surface area contributed by atoms with Gasteiger partial charge in [-0.3, -0.25) is 0 Å². The molecule has 1 aliphatic rings. The summed E-state index contributed by atoms with van der Waals surface area (Å²) >= 11 is 0. The molecule has 9 nitrogen and oxygen atoms in total. The molecule has 0 saturated carbocycles. The molecule has 30 heavy (non-hydrogen) atoms. The van der Waals surface area contributed by atoms with Crippen LogP contribution in [0.25, 0.3) is 0 Å². The molecule has 0 aromatic heterocycles. The van der Waals surface area contributed by atoms with E-state index in [1.807, 2.05) is 83.1 Å². The molecule has 0 amide bonds. The molecule has 0 radical (unpaired) electrons. The second-order valence-electron chi connectivity index (χ2n) is 8.74. The summed E-state index contributed by atoms with van der Waals surface area (Å²) in [7, 11) is -5.03. The van der Waals surface area contributed by atoms with E-state index in [4.69, 9.17) is 32.6 Å². The van der Waals surface area contributed by atoms with Crippen molar-refractivity contribution in [1.82, 2.24) is 5.20 Å². The third-order valence-corrected chi connectivity index (χ3v) is 14.2. The fourth-order valence-electron chi connectivity index (χ4n) is 2.54. The highest BCUT2D eigenvalue weighted by Crippen LogP contribution is 2.80. The average molecular weight is 490 g/mol. The Labute approximate surface area is 184 Å². The van der Waals surface area contributed by atoms with Crippen molar-refractivity contribution < 1.29 is 32.8 Å². The van der Waals surface area contributed by atoms with Gasteiger partial charge in [0.05, 0.1) is 36.8 Å². The highest BCUT2D eigenvalue weighted by Gasteiger charge is 2.54. The van der Waals surface area contributed by atoms with Gasteiger partial charge >= 0.3 is 7.20 Å². The molecular formula is C18H43N3O6P3+. The maximum Gasteiger partial charge on any atom is 0.335 e. The smallest absolute Gasteiger partial charge is 0.317 e. The van der Waals surface area contributed by atoms with E-state index in [1.165, 1.54) is 0 Å². The van der Waals surface area contributed by atoms with Crippen LogP contribution in [0.15, 0.2) is 4.85 Å². The molecule has 0 fully saturated rings. The monoisotopic (exact) mass is 490 g/mol. The molecule has 0 saturated heterocycles. The lowest BCUT2D eigenvalue weighted by Crippen LogP contribution is -2.55. The lowest BCUT2D eigenvalue weighted by molar-refractivity contribution is -1.28. The Morgan fingerprint density at radius 1 is 0.600 bits per heavy atom. The highest BCUT2D eigenvalue weighted by atomic mass is 32.3. The third kappa shape index (κ3) is 9.25. The summed E-state index contributed by atoms with van der Waals surface area (Å²) < 4.78 is 25.6. The van der Waals surface area contributed by atoms with Crippen molar-refractivity contribution in [2.45, 2.75) is 120 Å². The lowest BCUT2D eigenvalue weighted by Gasteiger charge is -2.40. The SMILES string of the molecule is CC(C)O[N+]1(OC(C)C)N=P(OC(C)C)(OC(C)C)P=P(OC(C)C)(OC(C)C)N1. The number of rotatable bonds is 12.